The molecule has 3 heterocycles. The lowest BCUT2D eigenvalue weighted by atomic mass is 9.83. The van der Waals surface area contributed by atoms with Crippen molar-refractivity contribution in [1.82, 2.24) is 0 Å². The van der Waals surface area contributed by atoms with Crippen molar-refractivity contribution in [3.05, 3.63) is 95.0 Å². The van der Waals surface area contributed by atoms with Crippen LogP contribution in [0.2, 0.25) is 5.02 Å². The molecule has 3 fully saturated rings. The molecule has 200 valence electrons. The predicted molar refractivity (Wildman–Crippen MR) is 148 cm³/mol. The van der Waals surface area contributed by atoms with E-state index in [0.717, 1.165) is 66.3 Å². The first-order chi connectivity index (χ1) is 18.4. The molecule has 0 aromatic heterocycles. The number of hydrogen-bond acceptors (Lipinski definition) is 3. The highest BCUT2D eigenvalue weighted by Crippen LogP contribution is 2.37. The number of benzene rings is 3. The monoisotopic (exact) mass is 557 g/mol. The summed E-state index contributed by atoms with van der Waals surface area (Å²) in [5.41, 5.74) is 1.16. The lowest BCUT2D eigenvalue weighted by molar-refractivity contribution is -0.946. The van der Waals surface area contributed by atoms with Gasteiger partial charge in [-0.05, 0) is 54.1 Å². The molecule has 0 spiro atoms. The number of thioether (sulfide) groups is 1. The van der Waals surface area contributed by atoms with Crippen LogP contribution in [0.15, 0.2) is 77.7 Å². The number of amides is 1. The van der Waals surface area contributed by atoms with Crippen molar-refractivity contribution in [2.45, 2.75) is 36.8 Å². The van der Waals surface area contributed by atoms with Crippen LogP contribution in [0.4, 0.5) is 19.3 Å². The van der Waals surface area contributed by atoms with Gasteiger partial charge >= 0.3 is 6.09 Å². The number of carbonyl (C=O) groups excluding carboxylic acids is 1. The molecule has 0 radical (unpaired) electrons. The number of rotatable bonds is 9. The molecule has 1 atom stereocenters. The fourth-order valence-corrected chi connectivity index (χ4v) is 6.84. The zero-order chi connectivity index (χ0) is 26.5. The number of nitrogens with zero attached hydrogens (tertiary/aromatic N) is 2. The molecular formula is C30H32ClF2N2O2S+. The molecule has 0 aliphatic carbocycles. The molecule has 0 N–H and O–H groups in total. The van der Waals surface area contributed by atoms with Crippen LogP contribution in [0.3, 0.4) is 0 Å². The van der Waals surface area contributed by atoms with Gasteiger partial charge in [-0.15, -0.1) is 11.8 Å². The number of piperidine rings is 3. The number of anilines is 1. The quantitative estimate of drug-likeness (QED) is 0.154. The van der Waals surface area contributed by atoms with Crippen LogP contribution in [-0.2, 0) is 11.3 Å². The molecule has 3 aliphatic heterocycles. The second-order valence-corrected chi connectivity index (χ2v) is 11.9. The van der Waals surface area contributed by atoms with E-state index >= 15 is 0 Å². The number of hydrogen-bond donors (Lipinski definition) is 0. The summed E-state index contributed by atoms with van der Waals surface area (Å²) in [5.74, 6) is 0.586. The van der Waals surface area contributed by atoms with Gasteiger partial charge in [0.15, 0.2) is 6.10 Å². The molecule has 38 heavy (non-hydrogen) atoms. The van der Waals surface area contributed by atoms with E-state index in [2.05, 4.69) is 6.07 Å². The van der Waals surface area contributed by atoms with Gasteiger partial charge in [0.05, 0.1) is 31.9 Å². The Kier molecular flexibility index (Phi) is 8.56. The Morgan fingerprint density at radius 3 is 2.50 bits per heavy atom. The molecule has 2 bridgehead atoms. The van der Waals surface area contributed by atoms with Gasteiger partial charge in [-0.25, -0.2) is 13.6 Å². The van der Waals surface area contributed by atoms with Crippen LogP contribution in [-0.4, -0.2) is 48.6 Å². The fraction of sp³-hybridized carbons (Fsp3) is 0.367. The number of fused-ring (bicyclic) bond motifs is 3. The summed E-state index contributed by atoms with van der Waals surface area (Å²) in [7, 11) is 0. The van der Waals surface area contributed by atoms with Crippen LogP contribution in [0.25, 0.3) is 0 Å². The van der Waals surface area contributed by atoms with Crippen LogP contribution in [0.1, 0.15) is 24.8 Å². The van der Waals surface area contributed by atoms with Crippen molar-refractivity contribution >= 4 is 35.1 Å². The molecule has 1 amide bonds. The first kappa shape index (κ1) is 27.0. The van der Waals surface area contributed by atoms with E-state index in [9.17, 15) is 13.6 Å². The lowest BCUT2D eigenvalue weighted by Gasteiger charge is -2.52. The zero-order valence-electron chi connectivity index (χ0n) is 21.2. The van der Waals surface area contributed by atoms with Crippen molar-refractivity contribution in [2.24, 2.45) is 5.92 Å². The highest BCUT2D eigenvalue weighted by atomic mass is 35.5. The van der Waals surface area contributed by atoms with Crippen molar-refractivity contribution in [3.63, 3.8) is 0 Å². The largest absolute Gasteiger partial charge is 0.440 e. The third-order valence-electron chi connectivity index (χ3n) is 7.73. The average molecular weight is 558 g/mol. The number of halogens is 3. The molecule has 0 unspecified atom stereocenters. The first-order valence-corrected chi connectivity index (χ1v) is 14.5. The van der Waals surface area contributed by atoms with Gasteiger partial charge in [0.1, 0.15) is 18.2 Å². The van der Waals surface area contributed by atoms with Crippen LogP contribution >= 0.6 is 23.4 Å². The van der Waals surface area contributed by atoms with Crippen molar-refractivity contribution in [2.75, 3.05) is 36.8 Å². The van der Waals surface area contributed by atoms with E-state index in [1.807, 2.05) is 30.0 Å². The number of ether oxygens (including phenoxy) is 1. The van der Waals surface area contributed by atoms with Crippen molar-refractivity contribution in [3.8, 4) is 0 Å². The van der Waals surface area contributed by atoms with E-state index in [1.54, 1.807) is 24.3 Å². The Morgan fingerprint density at radius 2 is 1.76 bits per heavy atom. The van der Waals surface area contributed by atoms with Gasteiger partial charge in [0.25, 0.3) is 0 Å². The normalized spacial score (nSPS) is 22.3. The Morgan fingerprint density at radius 1 is 1.00 bits per heavy atom. The summed E-state index contributed by atoms with van der Waals surface area (Å²) in [6, 6.07) is 19.9. The van der Waals surface area contributed by atoms with Crippen LogP contribution in [0, 0.1) is 17.6 Å². The third-order valence-corrected chi connectivity index (χ3v) is 9.04. The van der Waals surface area contributed by atoms with Gasteiger partial charge in [0.2, 0.25) is 0 Å². The van der Waals surface area contributed by atoms with E-state index in [4.69, 9.17) is 16.3 Å². The maximum absolute atomic E-state index is 14.1. The smallest absolute Gasteiger partial charge is 0.415 e. The molecule has 3 aromatic carbocycles. The summed E-state index contributed by atoms with van der Waals surface area (Å²) in [6.07, 6.45) is 2.49. The second kappa shape index (κ2) is 12.1. The maximum Gasteiger partial charge on any atom is 0.415 e. The molecule has 3 aromatic rings. The van der Waals surface area contributed by atoms with E-state index < -0.39 is 11.9 Å². The summed E-state index contributed by atoms with van der Waals surface area (Å²) >= 11 is 7.93. The zero-order valence-corrected chi connectivity index (χ0v) is 22.8. The molecule has 8 heteroatoms. The predicted octanol–water partition coefficient (Wildman–Crippen LogP) is 7.55. The van der Waals surface area contributed by atoms with Crippen LogP contribution < -0.4 is 4.90 Å². The molecule has 6 rings (SSSR count). The fourth-order valence-electron chi connectivity index (χ4n) is 5.69. The topological polar surface area (TPSA) is 29.5 Å². The van der Waals surface area contributed by atoms with Crippen LogP contribution in [0.5, 0.6) is 0 Å². The SMILES string of the molecule is O=C(O[C@H]1C[N+]2(CCCSc3cccc(Cl)c3)CCC1CC2)N(Cc1ccc(F)cc1)c1cccc(F)c1. The highest BCUT2D eigenvalue weighted by Gasteiger charge is 2.47. The van der Waals surface area contributed by atoms with Crippen molar-refractivity contribution < 1.29 is 22.8 Å². The molecule has 3 aliphatic rings. The molecule has 0 saturated carbocycles. The Balaban J connectivity index is 1.23. The minimum atomic E-state index is -0.492. The maximum atomic E-state index is 14.1. The average Bonchev–Trinajstić information content (AvgIpc) is 2.91. The van der Waals surface area contributed by atoms with E-state index in [1.165, 1.54) is 34.1 Å². The molecule has 3 saturated heterocycles. The Bertz CT molecular complexity index is 1250. The summed E-state index contributed by atoms with van der Waals surface area (Å²) < 4.78 is 34.6. The first-order valence-electron chi connectivity index (χ1n) is 13.1. The summed E-state index contributed by atoms with van der Waals surface area (Å²) in [5, 5.41) is 0.756. The molecule has 4 nitrogen and oxygen atoms in total. The standard InChI is InChI=1S/C30H32ClF2N2O2S/c31-24-4-1-7-28(18-24)38-17-3-14-35-15-12-23(13-16-35)29(21-35)37-30(36)34(27-6-2-5-26(33)19-27)20-22-8-10-25(32)11-9-22/h1-2,4-11,18-19,23,29H,3,12-17,20-21H2/q+1/t23?,29-,35?/m0/s1. The summed E-state index contributed by atoms with van der Waals surface area (Å²) in [4.78, 5) is 16.1. The van der Waals surface area contributed by atoms with Gasteiger partial charge < -0.3 is 9.22 Å². The third kappa shape index (κ3) is 6.68. The number of quaternary nitrogens is 1. The summed E-state index contributed by atoms with van der Waals surface area (Å²) in [6.45, 7) is 4.26. The lowest BCUT2D eigenvalue weighted by Crippen LogP contribution is -2.65. The Hall–Kier alpha value is -2.61. The Labute approximate surface area is 232 Å². The van der Waals surface area contributed by atoms with Gasteiger partial charge in [0, 0.05) is 40.9 Å². The number of carbonyl (C=O) groups is 1. The second-order valence-electron chi connectivity index (χ2n) is 10.3. The van der Waals surface area contributed by atoms with Gasteiger partial charge in [-0.2, -0.15) is 0 Å². The van der Waals surface area contributed by atoms with Gasteiger partial charge in [-0.1, -0.05) is 35.9 Å². The molecular weight excluding hydrogens is 526 g/mol. The minimum Gasteiger partial charge on any atom is -0.440 e. The van der Waals surface area contributed by atoms with E-state index in [-0.39, 0.29) is 18.5 Å². The highest BCUT2D eigenvalue weighted by molar-refractivity contribution is 7.99. The van der Waals surface area contributed by atoms with Crippen molar-refractivity contribution in [1.29, 1.82) is 0 Å². The van der Waals surface area contributed by atoms with Gasteiger partial charge in [-0.3, -0.25) is 4.90 Å². The minimum absolute atomic E-state index is 0.167. The van der Waals surface area contributed by atoms with E-state index in [0.29, 0.717) is 11.6 Å².